The molecule has 0 bridgehead atoms. The van der Waals surface area contributed by atoms with Gasteiger partial charge in [0.1, 0.15) is 5.75 Å². The second-order valence-electron chi connectivity index (χ2n) is 4.09. The van der Waals surface area contributed by atoms with E-state index in [1.807, 2.05) is 32.9 Å². The summed E-state index contributed by atoms with van der Waals surface area (Å²) in [7, 11) is 1.59. The van der Waals surface area contributed by atoms with Crippen LogP contribution in [0.25, 0.3) is 0 Å². The van der Waals surface area contributed by atoms with Crippen LogP contribution < -0.4 is 10.5 Å². The zero-order valence-corrected chi connectivity index (χ0v) is 10.3. The van der Waals surface area contributed by atoms with E-state index in [2.05, 4.69) is 0 Å². The fourth-order valence-corrected chi connectivity index (χ4v) is 1.62. The van der Waals surface area contributed by atoms with Gasteiger partial charge in [-0.2, -0.15) is 0 Å². The highest BCUT2D eigenvalue weighted by molar-refractivity contribution is 6.00. The smallest absolute Gasteiger partial charge is 0.170 e. The Balaban J connectivity index is 3.24. The molecule has 0 aromatic heterocycles. The highest BCUT2D eigenvalue weighted by Gasteiger charge is 2.19. The van der Waals surface area contributed by atoms with Gasteiger partial charge < -0.3 is 10.5 Å². The molecule has 3 nitrogen and oxygen atoms in total. The van der Waals surface area contributed by atoms with Crippen molar-refractivity contribution in [2.75, 3.05) is 13.7 Å². The zero-order valence-electron chi connectivity index (χ0n) is 10.3. The van der Waals surface area contributed by atoms with Crippen LogP contribution in [0.15, 0.2) is 12.1 Å². The van der Waals surface area contributed by atoms with Crippen LogP contribution in [0.2, 0.25) is 0 Å². The lowest BCUT2D eigenvalue weighted by Gasteiger charge is -2.15. The average Bonchev–Trinajstić information content (AvgIpc) is 2.30. The van der Waals surface area contributed by atoms with Gasteiger partial charge in [-0.3, -0.25) is 4.79 Å². The lowest BCUT2D eigenvalue weighted by molar-refractivity contribution is 0.0931. The highest BCUT2D eigenvalue weighted by Crippen LogP contribution is 2.27. The van der Waals surface area contributed by atoms with Gasteiger partial charge in [0.25, 0.3) is 0 Å². The van der Waals surface area contributed by atoms with E-state index >= 15 is 0 Å². The molecule has 1 aromatic carbocycles. The van der Waals surface area contributed by atoms with Crippen LogP contribution in [0.4, 0.5) is 0 Å². The summed E-state index contributed by atoms with van der Waals surface area (Å²) in [4.78, 5) is 12.1. The molecule has 16 heavy (non-hydrogen) atoms. The predicted octanol–water partition coefficient (Wildman–Crippen LogP) is 2.09. The first-order chi connectivity index (χ1) is 7.52. The molecule has 3 heteroatoms. The van der Waals surface area contributed by atoms with Crippen molar-refractivity contribution in [3.8, 4) is 5.75 Å². The Hall–Kier alpha value is -1.35. The van der Waals surface area contributed by atoms with Crippen molar-refractivity contribution in [2.45, 2.75) is 20.8 Å². The molecule has 0 fully saturated rings. The van der Waals surface area contributed by atoms with Crippen molar-refractivity contribution in [1.29, 1.82) is 0 Å². The number of aryl methyl sites for hydroxylation is 1. The van der Waals surface area contributed by atoms with Gasteiger partial charge >= 0.3 is 0 Å². The number of carbonyl (C=O) groups excluding carboxylic acids is 1. The number of ether oxygens (including phenoxy) is 1. The standard InChI is InChI=1S/C13H19NO2/c1-8-5-6-11(12(15)9(2)7-14)13(16-4)10(8)3/h5-6,9H,7,14H2,1-4H3. The Morgan fingerprint density at radius 1 is 1.44 bits per heavy atom. The maximum Gasteiger partial charge on any atom is 0.170 e. The van der Waals surface area contributed by atoms with Gasteiger partial charge in [-0.15, -0.1) is 0 Å². The maximum atomic E-state index is 12.1. The first-order valence-corrected chi connectivity index (χ1v) is 5.41. The monoisotopic (exact) mass is 221 g/mol. The van der Waals surface area contributed by atoms with Crippen molar-refractivity contribution < 1.29 is 9.53 Å². The topological polar surface area (TPSA) is 52.3 Å². The van der Waals surface area contributed by atoms with Gasteiger partial charge in [-0.1, -0.05) is 13.0 Å². The number of rotatable bonds is 4. The van der Waals surface area contributed by atoms with E-state index in [-0.39, 0.29) is 11.7 Å². The minimum atomic E-state index is -0.170. The van der Waals surface area contributed by atoms with E-state index in [0.717, 1.165) is 11.1 Å². The van der Waals surface area contributed by atoms with E-state index in [9.17, 15) is 4.79 Å². The summed E-state index contributed by atoms with van der Waals surface area (Å²) in [5, 5.41) is 0. The molecular formula is C13H19NO2. The molecule has 1 atom stereocenters. The summed E-state index contributed by atoms with van der Waals surface area (Å²) in [6.45, 7) is 6.14. The van der Waals surface area contributed by atoms with Gasteiger partial charge in [-0.05, 0) is 31.0 Å². The molecule has 0 saturated carbocycles. The highest BCUT2D eigenvalue weighted by atomic mass is 16.5. The molecule has 1 aromatic rings. The zero-order chi connectivity index (χ0) is 12.3. The third-order valence-corrected chi connectivity index (χ3v) is 2.95. The summed E-state index contributed by atoms with van der Waals surface area (Å²) >= 11 is 0. The van der Waals surface area contributed by atoms with Crippen molar-refractivity contribution in [2.24, 2.45) is 11.7 Å². The maximum absolute atomic E-state index is 12.1. The number of ketones is 1. The molecule has 1 rings (SSSR count). The molecule has 2 N–H and O–H groups in total. The molecule has 1 unspecified atom stereocenters. The third kappa shape index (κ3) is 2.25. The first-order valence-electron chi connectivity index (χ1n) is 5.41. The summed E-state index contributed by atoms with van der Waals surface area (Å²) in [5.74, 6) is 0.545. The van der Waals surface area contributed by atoms with Gasteiger partial charge in [0.2, 0.25) is 0 Å². The minimum absolute atomic E-state index is 0.0439. The van der Waals surface area contributed by atoms with Crippen molar-refractivity contribution in [3.05, 3.63) is 28.8 Å². The Bertz CT molecular complexity index is 399. The fraction of sp³-hybridized carbons (Fsp3) is 0.462. The second kappa shape index (κ2) is 5.12. The Labute approximate surface area is 96.6 Å². The molecule has 0 radical (unpaired) electrons. The van der Waals surface area contributed by atoms with Gasteiger partial charge in [-0.25, -0.2) is 0 Å². The lowest BCUT2D eigenvalue weighted by atomic mass is 9.95. The number of hydrogen-bond acceptors (Lipinski definition) is 3. The Kier molecular flexibility index (Phi) is 4.07. The Morgan fingerprint density at radius 3 is 2.56 bits per heavy atom. The minimum Gasteiger partial charge on any atom is -0.496 e. The number of benzene rings is 1. The van der Waals surface area contributed by atoms with E-state index in [1.165, 1.54) is 0 Å². The van der Waals surface area contributed by atoms with Crippen LogP contribution >= 0.6 is 0 Å². The number of nitrogens with two attached hydrogens (primary N) is 1. The number of methoxy groups -OCH3 is 1. The molecule has 0 spiro atoms. The molecular weight excluding hydrogens is 202 g/mol. The molecule has 0 aliphatic heterocycles. The molecule has 88 valence electrons. The summed E-state index contributed by atoms with van der Waals surface area (Å²) in [6.07, 6.45) is 0. The van der Waals surface area contributed by atoms with Crippen LogP contribution in [0.1, 0.15) is 28.4 Å². The molecule has 0 amide bonds. The van der Waals surface area contributed by atoms with Crippen LogP contribution in [0.5, 0.6) is 5.75 Å². The summed E-state index contributed by atoms with van der Waals surface area (Å²) in [5.41, 5.74) is 8.27. The fourth-order valence-electron chi connectivity index (χ4n) is 1.62. The number of Topliss-reactive ketones (excluding diaryl/α,β-unsaturated/α-hetero) is 1. The van der Waals surface area contributed by atoms with Gasteiger partial charge in [0, 0.05) is 12.5 Å². The predicted molar refractivity (Wildman–Crippen MR) is 65.0 cm³/mol. The summed E-state index contributed by atoms with van der Waals surface area (Å²) < 4.78 is 5.31. The largest absolute Gasteiger partial charge is 0.496 e. The lowest BCUT2D eigenvalue weighted by Crippen LogP contribution is -2.21. The van der Waals surface area contributed by atoms with E-state index in [1.54, 1.807) is 7.11 Å². The van der Waals surface area contributed by atoms with Crippen LogP contribution in [0, 0.1) is 19.8 Å². The molecule has 0 aliphatic carbocycles. The number of carbonyl (C=O) groups is 1. The average molecular weight is 221 g/mol. The molecule has 0 heterocycles. The van der Waals surface area contributed by atoms with Crippen molar-refractivity contribution >= 4 is 5.78 Å². The van der Waals surface area contributed by atoms with Gasteiger partial charge in [0.05, 0.1) is 12.7 Å². The van der Waals surface area contributed by atoms with E-state index in [4.69, 9.17) is 10.5 Å². The number of hydrogen-bond donors (Lipinski definition) is 1. The third-order valence-electron chi connectivity index (χ3n) is 2.95. The SMILES string of the molecule is COc1c(C(=O)C(C)CN)ccc(C)c1C. The van der Waals surface area contributed by atoms with Crippen LogP contribution in [-0.4, -0.2) is 19.4 Å². The second-order valence-corrected chi connectivity index (χ2v) is 4.09. The normalized spacial score (nSPS) is 12.3. The van der Waals surface area contributed by atoms with Crippen molar-refractivity contribution in [1.82, 2.24) is 0 Å². The van der Waals surface area contributed by atoms with Gasteiger partial charge in [0.15, 0.2) is 5.78 Å². The van der Waals surface area contributed by atoms with E-state index in [0.29, 0.717) is 17.9 Å². The van der Waals surface area contributed by atoms with E-state index < -0.39 is 0 Å². The van der Waals surface area contributed by atoms with Crippen molar-refractivity contribution in [3.63, 3.8) is 0 Å². The molecule has 0 saturated heterocycles. The molecule has 0 aliphatic rings. The first kappa shape index (κ1) is 12.7. The quantitative estimate of drug-likeness (QED) is 0.792. The summed E-state index contributed by atoms with van der Waals surface area (Å²) in [6, 6.07) is 3.75. The van der Waals surface area contributed by atoms with Crippen LogP contribution in [0.3, 0.4) is 0 Å². The van der Waals surface area contributed by atoms with Crippen LogP contribution in [-0.2, 0) is 0 Å². The Morgan fingerprint density at radius 2 is 2.06 bits per heavy atom.